The fourth-order valence-electron chi connectivity index (χ4n) is 1.95. The molecule has 0 aliphatic carbocycles. The Kier molecular flexibility index (Phi) is 4.74. The summed E-state index contributed by atoms with van der Waals surface area (Å²) in [6.45, 7) is 8.29. The molecule has 1 aliphatic heterocycles. The highest BCUT2D eigenvalue weighted by atomic mass is 15.1. The maximum Gasteiger partial charge on any atom is 0.00362 e. The maximum atomic E-state index is 3.60. The second kappa shape index (κ2) is 5.61. The fourth-order valence-corrected chi connectivity index (χ4v) is 1.95. The predicted octanol–water partition coefficient (Wildman–Crippen LogP) is 1.72. The first-order valence-corrected chi connectivity index (χ1v) is 5.64. The van der Waals surface area contributed by atoms with E-state index in [2.05, 4.69) is 31.1 Å². The van der Waals surface area contributed by atoms with Crippen LogP contribution in [0.25, 0.3) is 0 Å². The monoisotopic (exact) mass is 184 g/mol. The molecule has 0 radical (unpaired) electrons. The van der Waals surface area contributed by atoms with E-state index >= 15 is 0 Å². The van der Waals surface area contributed by atoms with Crippen molar-refractivity contribution in [3.05, 3.63) is 0 Å². The lowest BCUT2D eigenvalue weighted by Gasteiger charge is -2.30. The van der Waals surface area contributed by atoms with Crippen LogP contribution in [0.2, 0.25) is 0 Å². The Hall–Kier alpha value is -0.0800. The summed E-state index contributed by atoms with van der Waals surface area (Å²) in [5.41, 5.74) is 0. The van der Waals surface area contributed by atoms with Crippen molar-refractivity contribution in [1.29, 1.82) is 0 Å². The van der Waals surface area contributed by atoms with Crippen molar-refractivity contribution in [1.82, 2.24) is 10.2 Å². The Balaban J connectivity index is 2.13. The lowest BCUT2D eigenvalue weighted by molar-refractivity contribution is 0.203. The zero-order valence-electron chi connectivity index (χ0n) is 9.34. The zero-order valence-corrected chi connectivity index (χ0v) is 9.34. The Morgan fingerprint density at radius 3 is 2.92 bits per heavy atom. The van der Waals surface area contributed by atoms with Crippen LogP contribution >= 0.6 is 0 Å². The van der Waals surface area contributed by atoms with Crippen LogP contribution in [0, 0.1) is 5.92 Å². The van der Waals surface area contributed by atoms with Crippen molar-refractivity contribution < 1.29 is 0 Å². The van der Waals surface area contributed by atoms with Crippen LogP contribution in [-0.4, -0.2) is 37.6 Å². The van der Waals surface area contributed by atoms with E-state index in [-0.39, 0.29) is 0 Å². The Labute approximate surface area is 82.7 Å². The molecule has 1 fully saturated rings. The summed E-state index contributed by atoms with van der Waals surface area (Å²) in [5, 5.41) is 3.60. The highest BCUT2D eigenvalue weighted by Gasteiger charge is 2.16. The molecule has 1 aliphatic rings. The highest BCUT2D eigenvalue weighted by Crippen LogP contribution is 2.14. The van der Waals surface area contributed by atoms with Gasteiger partial charge in [-0.25, -0.2) is 0 Å². The van der Waals surface area contributed by atoms with E-state index in [1.54, 1.807) is 0 Å². The summed E-state index contributed by atoms with van der Waals surface area (Å²) in [7, 11) is 2.23. The van der Waals surface area contributed by atoms with Crippen molar-refractivity contribution in [2.45, 2.75) is 39.2 Å². The maximum absolute atomic E-state index is 3.60. The molecular formula is C11H24N2. The van der Waals surface area contributed by atoms with Crippen molar-refractivity contribution in [3.8, 4) is 0 Å². The molecule has 78 valence electrons. The summed E-state index contributed by atoms with van der Waals surface area (Å²) in [6.07, 6.45) is 4.03. The number of likely N-dealkylation sites (tertiary alicyclic amines) is 1. The van der Waals surface area contributed by atoms with Gasteiger partial charge in [0.1, 0.15) is 0 Å². The predicted molar refractivity (Wildman–Crippen MR) is 58.0 cm³/mol. The molecule has 1 rings (SSSR count). The molecule has 1 heterocycles. The molecule has 0 aromatic carbocycles. The Bertz CT molecular complexity index is 136. The van der Waals surface area contributed by atoms with Crippen molar-refractivity contribution in [2.24, 2.45) is 5.92 Å². The summed E-state index contributed by atoms with van der Waals surface area (Å²) in [6, 6.07) is 0.687. The molecule has 0 bridgehead atoms. The van der Waals surface area contributed by atoms with Gasteiger partial charge in [0, 0.05) is 12.6 Å². The Morgan fingerprint density at radius 2 is 2.31 bits per heavy atom. The lowest BCUT2D eigenvalue weighted by Crippen LogP contribution is -2.39. The number of nitrogens with zero attached hydrogens (tertiary/aromatic N) is 1. The zero-order chi connectivity index (χ0) is 9.68. The summed E-state index contributed by atoms with van der Waals surface area (Å²) in [4.78, 5) is 2.45. The minimum Gasteiger partial charge on any atom is -0.314 e. The number of nitrogens with one attached hydrogen (secondary N) is 1. The molecule has 1 saturated heterocycles. The van der Waals surface area contributed by atoms with E-state index in [1.165, 1.54) is 38.9 Å². The van der Waals surface area contributed by atoms with Gasteiger partial charge in [-0.3, -0.25) is 0 Å². The molecule has 2 atom stereocenters. The van der Waals surface area contributed by atoms with Crippen LogP contribution in [-0.2, 0) is 0 Å². The van der Waals surface area contributed by atoms with Gasteiger partial charge in [0.05, 0.1) is 0 Å². The van der Waals surface area contributed by atoms with E-state index in [4.69, 9.17) is 0 Å². The average Bonchev–Trinajstić information content (AvgIpc) is 2.14. The van der Waals surface area contributed by atoms with Gasteiger partial charge in [-0.1, -0.05) is 6.92 Å². The Morgan fingerprint density at radius 1 is 1.54 bits per heavy atom. The van der Waals surface area contributed by atoms with Gasteiger partial charge < -0.3 is 10.2 Å². The van der Waals surface area contributed by atoms with E-state index in [0.717, 1.165) is 5.92 Å². The van der Waals surface area contributed by atoms with Gasteiger partial charge >= 0.3 is 0 Å². The van der Waals surface area contributed by atoms with Crippen LogP contribution in [0.15, 0.2) is 0 Å². The van der Waals surface area contributed by atoms with Crippen LogP contribution in [0.3, 0.4) is 0 Å². The first-order valence-electron chi connectivity index (χ1n) is 5.64. The first-order chi connectivity index (χ1) is 6.22. The van der Waals surface area contributed by atoms with E-state index in [9.17, 15) is 0 Å². The molecule has 2 unspecified atom stereocenters. The average molecular weight is 184 g/mol. The van der Waals surface area contributed by atoms with Crippen molar-refractivity contribution in [3.63, 3.8) is 0 Å². The van der Waals surface area contributed by atoms with E-state index in [1.807, 2.05) is 0 Å². The molecule has 13 heavy (non-hydrogen) atoms. The van der Waals surface area contributed by atoms with Crippen molar-refractivity contribution in [2.75, 3.05) is 26.7 Å². The number of rotatable bonds is 4. The largest absolute Gasteiger partial charge is 0.314 e. The highest BCUT2D eigenvalue weighted by molar-refractivity contribution is 4.73. The van der Waals surface area contributed by atoms with Gasteiger partial charge in [-0.2, -0.15) is 0 Å². The van der Waals surface area contributed by atoms with Crippen LogP contribution in [0.4, 0.5) is 0 Å². The second-order valence-corrected chi connectivity index (χ2v) is 4.49. The smallest absolute Gasteiger partial charge is 0.00362 e. The minimum atomic E-state index is 0.687. The minimum absolute atomic E-state index is 0.687. The molecule has 0 aromatic heterocycles. The van der Waals surface area contributed by atoms with Crippen molar-refractivity contribution >= 4 is 0 Å². The quantitative estimate of drug-likeness (QED) is 0.715. The molecule has 1 N–H and O–H groups in total. The molecule has 2 nitrogen and oxygen atoms in total. The topological polar surface area (TPSA) is 15.3 Å². The van der Waals surface area contributed by atoms with Gasteiger partial charge in [0.15, 0.2) is 0 Å². The summed E-state index contributed by atoms with van der Waals surface area (Å²) < 4.78 is 0. The molecule has 0 saturated carbocycles. The van der Waals surface area contributed by atoms with Crippen LogP contribution < -0.4 is 5.32 Å². The van der Waals surface area contributed by atoms with E-state index in [0.29, 0.717) is 6.04 Å². The van der Waals surface area contributed by atoms with Crippen LogP contribution in [0.5, 0.6) is 0 Å². The van der Waals surface area contributed by atoms with Crippen LogP contribution in [0.1, 0.15) is 33.1 Å². The number of piperidine rings is 1. The fraction of sp³-hybridized carbons (Fsp3) is 1.00. The normalized spacial score (nSPS) is 27.5. The third kappa shape index (κ3) is 4.10. The molecule has 0 aromatic rings. The molecular weight excluding hydrogens is 160 g/mol. The third-order valence-corrected chi connectivity index (χ3v) is 3.09. The van der Waals surface area contributed by atoms with Gasteiger partial charge in [0.25, 0.3) is 0 Å². The van der Waals surface area contributed by atoms with Gasteiger partial charge in [-0.05, 0) is 52.2 Å². The molecule has 0 spiro atoms. The first kappa shape index (κ1) is 11.0. The molecule has 2 heteroatoms. The SMILES string of the molecule is CCC(C)NCC1CCCN(C)C1. The lowest BCUT2D eigenvalue weighted by atomic mass is 9.98. The number of hydrogen-bond acceptors (Lipinski definition) is 2. The molecule has 0 amide bonds. The van der Waals surface area contributed by atoms with E-state index < -0.39 is 0 Å². The summed E-state index contributed by atoms with van der Waals surface area (Å²) >= 11 is 0. The second-order valence-electron chi connectivity index (χ2n) is 4.49. The third-order valence-electron chi connectivity index (χ3n) is 3.09. The van der Waals surface area contributed by atoms with Gasteiger partial charge in [0.2, 0.25) is 0 Å². The van der Waals surface area contributed by atoms with Gasteiger partial charge in [-0.15, -0.1) is 0 Å². The summed E-state index contributed by atoms with van der Waals surface area (Å²) in [5.74, 6) is 0.882. The standard InChI is InChI=1S/C11H24N2/c1-4-10(2)12-8-11-6-5-7-13(3)9-11/h10-12H,4-9H2,1-3H3. The number of hydrogen-bond donors (Lipinski definition) is 1.